The summed E-state index contributed by atoms with van der Waals surface area (Å²) in [4.78, 5) is 14.0. The number of nitrogens with zero attached hydrogens (tertiary/aromatic N) is 4. The maximum Gasteiger partial charge on any atom is 0.378 e. The van der Waals surface area contributed by atoms with Gasteiger partial charge >= 0.3 is 5.97 Å². The van der Waals surface area contributed by atoms with Gasteiger partial charge in [0.05, 0.1) is 13.2 Å². The van der Waals surface area contributed by atoms with E-state index in [2.05, 4.69) is 28.5 Å². The topological polar surface area (TPSA) is 69.9 Å². The molecule has 0 aliphatic rings. The number of thiophene rings is 1. The fourth-order valence-corrected chi connectivity index (χ4v) is 2.44. The molecule has 2 rings (SSSR count). The van der Waals surface area contributed by atoms with Crippen LogP contribution in [-0.2, 0) is 17.7 Å². The smallest absolute Gasteiger partial charge is 0.378 e. The molecule has 2 heterocycles. The van der Waals surface area contributed by atoms with Gasteiger partial charge in [-0.25, -0.2) is 9.48 Å². The number of ether oxygens (including phenoxy) is 1. The number of hydrogen-bond donors (Lipinski definition) is 0. The number of tetrazole rings is 1. The van der Waals surface area contributed by atoms with Crippen LogP contribution in [0.1, 0.15) is 34.2 Å². The van der Waals surface area contributed by atoms with Crippen molar-refractivity contribution < 1.29 is 9.53 Å². The Bertz CT molecular complexity index is 535. The molecule has 96 valence electrons. The zero-order chi connectivity index (χ0) is 13.0. The van der Waals surface area contributed by atoms with E-state index in [-0.39, 0.29) is 5.82 Å². The van der Waals surface area contributed by atoms with Gasteiger partial charge in [0.25, 0.3) is 5.82 Å². The second-order valence-electron chi connectivity index (χ2n) is 3.60. The van der Waals surface area contributed by atoms with Crippen LogP contribution in [0, 0.1) is 0 Å². The first-order valence-corrected chi connectivity index (χ1v) is 6.57. The predicted molar refractivity (Wildman–Crippen MR) is 66.6 cm³/mol. The number of aryl methyl sites for hydroxylation is 1. The molecule has 18 heavy (non-hydrogen) atoms. The average Bonchev–Trinajstić information content (AvgIpc) is 2.99. The highest BCUT2D eigenvalue weighted by atomic mass is 32.1. The number of carbonyl (C=O) groups is 1. The summed E-state index contributed by atoms with van der Waals surface area (Å²) in [5, 5.41) is 11.0. The largest absolute Gasteiger partial charge is 0.460 e. The molecule has 0 aromatic carbocycles. The van der Waals surface area contributed by atoms with Crippen LogP contribution in [0.3, 0.4) is 0 Å². The van der Waals surface area contributed by atoms with Crippen LogP contribution >= 0.6 is 11.3 Å². The molecule has 2 aromatic heterocycles. The standard InChI is InChI=1S/C11H14N4O2S/c1-3-8-5-6-9(18-8)7-15-10(12-13-14-15)11(16)17-4-2/h5-6H,3-4,7H2,1-2H3. The molecule has 0 atom stereocenters. The fourth-order valence-electron chi connectivity index (χ4n) is 1.50. The van der Waals surface area contributed by atoms with Gasteiger partial charge in [0, 0.05) is 9.75 Å². The van der Waals surface area contributed by atoms with Gasteiger partial charge in [0.1, 0.15) is 0 Å². The molecule has 0 aliphatic heterocycles. The summed E-state index contributed by atoms with van der Waals surface area (Å²) in [6.45, 7) is 4.66. The maximum absolute atomic E-state index is 11.6. The van der Waals surface area contributed by atoms with Gasteiger partial charge in [0.15, 0.2) is 0 Å². The molecule has 0 amide bonds. The summed E-state index contributed by atoms with van der Waals surface area (Å²) >= 11 is 1.70. The Morgan fingerprint density at radius 2 is 2.17 bits per heavy atom. The Labute approximate surface area is 109 Å². The van der Waals surface area contributed by atoms with Gasteiger partial charge in [-0.2, -0.15) is 0 Å². The van der Waals surface area contributed by atoms with E-state index in [4.69, 9.17) is 4.74 Å². The van der Waals surface area contributed by atoms with Gasteiger partial charge < -0.3 is 4.74 Å². The van der Waals surface area contributed by atoms with Crippen LogP contribution < -0.4 is 0 Å². The minimum atomic E-state index is -0.491. The lowest BCUT2D eigenvalue weighted by atomic mass is 10.3. The van der Waals surface area contributed by atoms with Crippen molar-refractivity contribution in [2.24, 2.45) is 0 Å². The molecule has 0 bridgehead atoms. The molecule has 0 fully saturated rings. The van der Waals surface area contributed by atoms with Gasteiger partial charge in [-0.15, -0.1) is 16.4 Å². The van der Waals surface area contributed by atoms with Crippen LogP contribution in [0.5, 0.6) is 0 Å². The summed E-state index contributed by atoms with van der Waals surface area (Å²) in [5.41, 5.74) is 0. The Morgan fingerprint density at radius 1 is 1.39 bits per heavy atom. The lowest BCUT2D eigenvalue weighted by Gasteiger charge is -2.02. The summed E-state index contributed by atoms with van der Waals surface area (Å²) in [6, 6.07) is 4.11. The van der Waals surface area contributed by atoms with E-state index >= 15 is 0 Å². The van der Waals surface area contributed by atoms with Crippen molar-refractivity contribution in [3.8, 4) is 0 Å². The van der Waals surface area contributed by atoms with Crippen LogP contribution in [0.2, 0.25) is 0 Å². The SMILES string of the molecule is CCOC(=O)c1nnnn1Cc1ccc(CC)s1. The third kappa shape index (κ3) is 2.73. The lowest BCUT2D eigenvalue weighted by Crippen LogP contribution is -2.14. The highest BCUT2D eigenvalue weighted by molar-refractivity contribution is 7.11. The van der Waals surface area contributed by atoms with E-state index in [9.17, 15) is 4.79 Å². The predicted octanol–water partition coefficient (Wildman–Crippen LogP) is 1.52. The third-order valence-electron chi connectivity index (χ3n) is 2.36. The molecule has 0 radical (unpaired) electrons. The minimum Gasteiger partial charge on any atom is -0.460 e. The van der Waals surface area contributed by atoms with Gasteiger partial charge in [0.2, 0.25) is 0 Å². The quantitative estimate of drug-likeness (QED) is 0.767. The van der Waals surface area contributed by atoms with Crippen LogP contribution in [0.15, 0.2) is 12.1 Å². The van der Waals surface area contributed by atoms with Crippen LogP contribution in [0.4, 0.5) is 0 Å². The Balaban J connectivity index is 2.14. The molecule has 6 nitrogen and oxygen atoms in total. The van der Waals surface area contributed by atoms with E-state index in [0.29, 0.717) is 13.2 Å². The molecular formula is C11H14N4O2S. The summed E-state index contributed by atoms with van der Waals surface area (Å²) in [7, 11) is 0. The Hall–Kier alpha value is -1.76. The number of aromatic nitrogens is 4. The molecular weight excluding hydrogens is 252 g/mol. The third-order valence-corrected chi connectivity index (χ3v) is 3.58. The second-order valence-corrected chi connectivity index (χ2v) is 4.86. The highest BCUT2D eigenvalue weighted by Crippen LogP contribution is 2.18. The van der Waals surface area contributed by atoms with Crippen molar-refractivity contribution in [1.29, 1.82) is 0 Å². The van der Waals surface area contributed by atoms with Crippen molar-refractivity contribution in [3.63, 3.8) is 0 Å². The zero-order valence-corrected chi connectivity index (χ0v) is 11.1. The molecule has 0 aliphatic carbocycles. The number of rotatable bonds is 5. The molecule has 0 spiro atoms. The molecule has 0 saturated heterocycles. The summed E-state index contributed by atoms with van der Waals surface area (Å²) < 4.78 is 6.35. The molecule has 7 heteroatoms. The monoisotopic (exact) mass is 266 g/mol. The van der Waals surface area contributed by atoms with E-state index in [1.165, 1.54) is 9.56 Å². The van der Waals surface area contributed by atoms with Crippen molar-refractivity contribution in [1.82, 2.24) is 20.2 Å². The first-order chi connectivity index (χ1) is 8.74. The highest BCUT2D eigenvalue weighted by Gasteiger charge is 2.17. The second kappa shape index (κ2) is 5.72. The lowest BCUT2D eigenvalue weighted by molar-refractivity contribution is 0.0505. The van der Waals surface area contributed by atoms with Gasteiger partial charge in [-0.1, -0.05) is 6.92 Å². The zero-order valence-electron chi connectivity index (χ0n) is 10.3. The maximum atomic E-state index is 11.6. The van der Waals surface area contributed by atoms with Crippen molar-refractivity contribution >= 4 is 17.3 Å². The minimum absolute atomic E-state index is 0.142. The number of carbonyl (C=O) groups excluding carboxylic acids is 1. The summed E-state index contributed by atoms with van der Waals surface area (Å²) in [5.74, 6) is -0.349. The van der Waals surface area contributed by atoms with Gasteiger partial charge in [-0.3, -0.25) is 0 Å². The molecule has 0 N–H and O–H groups in total. The fraction of sp³-hybridized carbons (Fsp3) is 0.455. The van der Waals surface area contributed by atoms with Crippen LogP contribution in [-0.4, -0.2) is 32.8 Å². The molecule has 0 unspecified atom stereocenters. The first-order valence-electron chi connectivity index (χ1n) is 5.75. The average molecular weight is 266 g/mol. The normalized spacial score (nSPS) is 10.6. The van der Waals surface area contributed by atoms with Crippen molar-refractivity contribution in [3.05, 3.63) is 27.7 Å². The van der Waals surface area contributed by atoms with E-state index in [0.717, 1.165) is 11.3 Å². The molecule has 2 aromatic rings. The van der Waals surface area contributed by atoms with E-state index in [1.807, 2.05) is 6.07 Å². The Kier molecular flexibility index (Phi) is 4.03. The van der Waals surface area contributed by atoms with Crippen molar-refractivity contribution in [2.75, 3.05) is 6.61 Å². The van der Waals surface area contributed by atoms with Gasteiger partial charge in [-0.05, 0) is 35.9 Å². The first kappa shape index (κ1) is 12.7. The summed E-state index contributed by atoms with van der Waals surface area (Å²) in [6.07, 6.45) is 1.00. The van der Waals surface area contributed by atoms with Crippen LogP contribution in [0.25, 0.3) is 0 Å². The number of esters is 1. The van der Waals surface area contributed by atoms with E-state index in [1.54, 1.807) is 18.3 Å². The Morgan fingerprint density at radius 3 is 2.83 bits per heavy atom. The molecule has 0 saturated carbocycles. The van der Waals surface area contributed by atoms with E-state index < -0.39 is 5.97 Å². The number of hydrogen-bond acceptors (Lipinski definition) is 6. The van der Waals surface area contributed by atoms with Crippen molar-refractivity contribution in [2.45, 2.75) is 26.8 Å².